The third-order valence-electron chi connectivity index (χ3n) is 4.05. The molecule has 0 aliphatic carbocycles. The zero-order chi connectivity index (χ0) is 19.1. The molecule has 2 unspecified atom stereocenters. The van der Waals surface area contributed by atoms with Crippen molar-refractivity contribution in [1.82, 2.24) is 21.6 Å². The predicted molar refractivity (Wildman–Crippen MR) is 103 cm³/mol. The first kappa shape index (κ1) is 18.5. The van der Waals surface area contributed by atoms with Gasteiger partial charge in [0.15, 0.2) is 11.5 Å². The fourth-order valence-corrected chi connectivity index (χ4v) is 2.52. The summed E-state index contributed by atoms with van der Waals surface area (Å²) in [5.74, 6) is 1.29. The Morgan fingerprint density at radius 2 is 2.00 bits per heavy atom. The lowest BCUT2D eigenvalue weighted by atomic mass is 10.2. The number of benzene rings is 2. The van der Waals surface area contributed by atoms with Crippen molar-refractivity contribution in [3.8, 4) is 11.5 Å². The minimum atomic E-state index is -0.314. The monoisotopic (exact) mass is 369 g/mol. The summed E-state index contributed by atoms with van der Waals surface area (Å²) >= 11 is 0. The number of carbonyl (C=O) groups excluding carboxylic acids is 1. The second-order valence-corrected chi connectivity index (χ2v) is 6.08. The number of ether oxygens (including phenoxy) is 2. The summed E-state index contributed by atoms with van der Waals surface area (Å²) in [6, 6.07) is 15.2. The highest BCUT2D eigenvalue weighted by atomic mass is 16.5. The highest BCUT2D eigenvalue weighted by Crippen LogP contribution is 2.28. The number of nitrogens with zero attached hydrogens (tertiary/aromatic N) is 1. The number of hydrogen-bond donors (Lipinski definition) is 4. The summed E-state index contributed by atoms with van der Waals surface area (Å²) < 4.78 is 11.3. The highest BCUT2D eigenvalue weighted by molar-refractivity contribution is 5.80. The van der Waals surface area contributed by atoms with Gasteiger partial charge in [-0.3, -0.25) is 10.9 Å². The molecular formula is C19H23N5O3. The van der Waals surface area contributed by atoms with Crippen molar-refractivity contribution >= 4 is 12.2 Å². The van der Waals surface area contributed by atoms with Gasteiger partial charge in [0.25, 0.3) is 0 Å². The number of amides is 2. The molecule has 2 amide bonds. The Bertz CT molecular complexity index is 797. The van der Waals surface area contributed by atoms with Crippen LogP contribution in [0.3, 0.4) is 0 Å². The molecule has 3 rings (SSSR count). The van der Waals surface area contributed by atoms with E-state index in [-0.39, 0.29) is 18.2 Å². The number of urea groups is 1. The molecule has 0 radical (unpaired) electrons. The van der Waals surface area contributed by atoms with E-state index in [1.807, 2.05) is 55.5 Å². The molecule has 0 spiro atoms. The lowest BCUT2D eigenvalue weighted by Gasteiger charge is -2.30. The maximum absolute atomic E-state index is 11.3. The number of hydrazone groups is 1. The maximum Gasteiger partial charge on any atom is 0.330 e. The molecule has 1 fully saturated rings. The van der Waals surface area contributed by atoms with Crippen LogP contribution in [0.15, 0.2) is 53.6 Å². The van der Waals surface area contributed by atoms with E-state index in [4.69, 9.17) is 9.47 Å². The van der Waals surface area contributed by atoms with Gasteiger partial charge < -0.3 is 14.8 Å². The third-order valence-corrected chi connectivity index (χ3v) is 4.05. The SMILES string of the molecule is COc1cc(/C=N/NC2NC(=O)NNC2C)ccc1OCc1ccccc1. The van der Waals surface area contributed by atoms with Crippen LogP contribution >= 0.6 is 0 Å². The first-order valence-electron chi connectivity index (χ1n) is 8.61. The lowest BCUT2D eigenvalue weighted by molar-refractivity contribution is 0.202. The lowest BCUT2D eigenvalue weighted by Crippen LogP contribution is -2.67. The second-order valence-electron chi connectivity index (χ2n) is 6.08. The van der Waals surface area contributed by atoms with Crippen LogP contribution in [0, 0.1) is 0 Å². The molecule has 0 bridgehead atoms. The van der Waals surface area contributed by atoms with Crippen molar-refractivity contribution in [2.75, 3.05) is 7.11 Å². The predicted octanol–water partition coefficient (Wildman–Crippen LogP) is 1.73. The molecule has 1 aliphatic rings. The average Bonchev–Trinajstić information content (AvgIpc) is 2.70. The van der Waals surface area contributed by atoms with Crippen LogP contribution in [-0.2, 0) is 6.61 Å². The van der Waals surface area contributed by atoms with Crippen LogP contribution in [0.25, 0.3) is 0 Å². The minimum Gasteiger partial charge on any atom is -0.493 e. The van der Waals surface area contributed by atoms with E-state index in [2.05, 4.69) is 26.7 Å². The first-order chi connectivity index (χ1) is 13.2. The van der Waals surface area contributed by atoms with Crippen molar-refractivity contribution in [2.24, 2.45) is 5.10 Å². The summed E-state index contributed by atoms with van der Waals surface area (Å²) in [5.41, 5.74) is 10.2. The number of hydrogen-bond acceptors (Lipinski definition) is 6. The van der Waals surface area contributed by atoms with Gasteiger partial charge in [0, 0.05) is 0 Å². The Hall–Kier alpha value is -3.26. The van der Waals surface area contributed by atoms with Gasteiger partial charge in [-0.15, -0.1) is 0 Å². The van der Waals surface area contributed by atoms with Gasteiger partial charge in [-0.05, 0) is 36.2 Å². The van der Waals surface area contributed by atoms with E-state index >= 15 is 0 Å². The van der Waals surface area contributed by atoms with E-state index in [1.54, 1.807) is 13.3 Å². The standard InChI is InChI=1S/C19H23N5O3/c1-13-18(21-19(25)24-22-13)23-20-11-15-8-9-16(17(10-15)26-2)27-12-14-6-4-3-5-7-14/h3-11,13,18,22-23H,12H2,1-2H3,(H2,21,24,25)/b20-11+. The molecule has 8 nitrogen and oxygen atoms in total. The smallest absolute Gasteiger partial charge is 0.330 e. The summed E-state index contributed by atoms with van der Waals surface area (Å²) in [4.78, 5) is 11.3. The highest BCUT2D eigenvalue weighted by Gasteiger charge is 2.23. The fraction of sp³-hybridized carbons (Fsp3) is 0.263. The Labute approximate surface area is 157 Å². The number of carbonyl (C=O) groups is 1. The van der Waals surface area contributed by atoms with Crippen molar-refractivity contribution < 1.29 is 14.3 Å². The van der Waals surface area contributed by atoms with E-state index in [9.17, 15) is 4.79 Å². The van der Waals surface area contributed by atoms with Gasteiger partial charge in [-0.1, -0.05) is 30.3 Å². The van der Waals surface area contributed by atoms with Crippen LogP contribution < -0.4 is 31.1 Å². The molecule has 0 aromatic heterocycles. The van der Waals surface area contributed by atoms with Crippen molar-refractivity contribution in [2.45, 2.75) is 25.7 Å². The Kier molecular flexibility index (Phi) is 6.11. The third kappa shape index (κ3) is 5.11. The molecule has 1 aliphatic heterocycles. The van der Waals surface area contributed by atoms with E-state index in [0.717, 1.165) is 11.1 Å². The molecule has 8 heteroatoms. The van der Waals surface area contributed by atoms with Gasteiger partial charge in [0.1, 0.15) is 12.8 Å². The summed E-state index contributed by atoms with van der Waals surface area (Å²) in [6.45, 7) is 2.38. The molecular weight excluding hydrogens is 346 g/mol. The van der Waals surface area contributed by atoms with Crippen LogP contribution in [0.2, 0.25) is 0 Å². The van der Waals surface area contributed by atoms with Gasteiger partial charge in [-0.25, -0.2) is 10.2 Å². The summed E-state index contributed by atoms with van der Waals surface area (Å²) in [7, 11) is 1.60. The van der Waals surface area contributed by atoms with Crippen LogP contribution in [0.5, 0.6) is 11.5 Å². The van der Waals surface area contributed by atoms with Gasteiger partial charge in [0.05, 0.1) is 19.4 Å². The number of hydrazine groups is 1. The van der Waals surface area contributed by atoms with Crippen molar-refractivity contribution in [3.63, 3.8) is 0 Å². The van der Waals surface area contributed by atoms with Crippen LogP contribution in [-0.4, -0.2) is 31.6 Å². The van der Waals surface area contributed by atoms with Crippen molar-refractivity contribution in [1.29, 1.82) is 0 Å². The molecule has 1 heterocycles. The van der Waals surface area contributed by atoms with Gasteiger partial charge >= 0.3 is 6.03 Å². The molecule has 2 aromatic rings. The zero-order valence-corrected chi connectivity index (χ0v) is 15.2. The number of rotatable bonds is 7. The number of methoxy groups -OCH3 is 1. The Balaban J connectivity index is 1.60. The Morgan fingerprint density at radius 1 is 1.19 bits per heavy atom. The van der Waals surface area contributed by atoms with E-state index < -0.39 is 0 Å². The molecule has 142 valence electrons. The molecule has 2 atom stereocenters. The second kappa shape index (κ2) is 8.91. The Morgan fingerprint density at radius 3 is 2.78 bits per heavy atom. The normalized spacial score (nSPS) is 19.3. The zero-order valence-electron chi connectivity index (χ0n) is 15.2. The largest absolute Gasteiger partial charge is 0.493 e. The summed E-state index contributed by atoms with van der Waals surface area (Å²) in [6.07, 6.45) is 1.34. The average molecular weight is 369 g/mol. The van der Waals surface area contributed by atoms with Crippen LogP contribution in [0.4, 0.5) is 4.79 Å². The molecule has 0 saturated carbocycles. The topological polar surface area (TPSA) is 96.0 Å². The van der Waals surface area contributed by atoms with E-state index in [1.165, 1.54) is 0 Å². The summed E-state index contributed by atoms with van der Waals surface area (Å²) in [5, 5.41) is 6.93. The van der Waals surface area contributed by atoms with E-state index in [0.29, 0.717) is 18.1 Å². The van der Waals surface area contributed by atoms with Gasteiger partial charge in [0.2, 0.25) is 0 Å². The molecule has 4 N–H and O–H groups in total. The molecule has 2 aromatic carbocycles. The van der Waals surface area contributed by atoms with Gasteiger partial charge in [-0.2, -0.15) is 5.10 Å². The molecule has 27 heavy (non-hydrogen) atoms. The van der Waals surface area contributed by atoms with Crippen LogP contribution in [0.1, 0.15) is 18.1 Å². The van der Waals surface area contributed by atoms with Crippen molar-refractivity contribution in [3.05, 3.63) is 59.7 Å². The maximum atomic E-state index is 11.3. The first-order valence-corrected chi connectivity index (χ1v) is 8.61. The fourth-order valence-electron chi connectivity index (χ4n) is 2.52. The number of nitrogens with one attached hydrogen (secondary N) is 4. The molecule has 1 saturated heterocycles. The minimum absolute atomic E-state index is 0.0249. The quantitative estimate of drug-likeness (QED) is 0.440.